The second-order valence-corrected chi connectivity index (χ2v) is 10.1. The predicted octanol–water partition coefficient (Wildman–Crippen LogP) is 1.17. The number of nitrogens with zero attached hydrogens (tertiary/aromatic N) is 3. The van der Waals surface area contributed by atoms with Crippen LogP contribution in [0.2, 0.25) is 0 Å². The summed E-state index contributed by atoms with van der Waals surface area (Å²) in [6, 6.07) is 7.69. The van der Waals surface area contributed by atoms with Crippen molar-refractivity contribution in [3.05, 3.63) is 29.3 Å². The zero-order valence-corrected chi connectivity index (χ0v) is 15.7. The third-order valence-corrected chi connectivity index (χ3v) is 7.96. The molecule has 2 atom stereocenters. The van der Waals surface area contributed by atoms with Crippen LogP contribution in [0.25, 0.3) is 10.2 Å². The maximum atomic E-state index is 12.7. The van der Waals surface area contributed by atoms with Crippen LogP contribution in [0, 0.1) is 0 Å². The van der Waals surface area contributed by atoms with E-state index in [-0.39, 0.29) is 29.5 Å². The number of hydrogen-bond acceptors (Lipinski definition) is 6. The zero-order valence-electron chi connectivity index (χ0n) is 14.1. The molecular weight excluding hydrogens is 358 g/mol. The summed E-state index contributed by atoms with van der Waals surface area (Å²) in [7, 11) is -1.11. The fourth-order valence-electron chi connectivity index (χ4n) is 3.82. The number of carbonyl (C=O) groups is 1. The number of piperazine rings is 1. The van der Waals surface area contributed by atoms with E-state index < -0.39 is 9.84 Å². The molecule has 0 bridgehead atoms. The van der Waals surface area contributed by atoms with Crippen LogP contribution in [0.3, 0.4) is 0 Å². The lowest BCUT2D eigenvalue weighted by Crippen LogP contribution is -2.59. The van der Waals surface area contributed by atoms with Gasteiger partial charge in [-0.15, -0.1) is 11.3 Å². The topological polar surface area (TPSA) is 70.6 Å². The molecule has 2 saturated heterocycles. The Balaban J connectivity index is 1.45. The van der Waals surface area contributed by atoms with Crippen LogP contribution in [0.5, 0.6) is 0 Å². The van der Waals surface area contributed by atoms with Crippen molar-refractivity contribution in [1.82, 2.24) is 14.8 Å². The monoisotopic (exact) mass is 379 g/mol. The quantitative estimate of drug-likeness (QED) is 0.801. The van der Waals surface area contributed by atoms with E-state index in [2.05, 4.69) is 9.88 Å². The maximum Gasteiger partial charge on any atom is 0.223 e. The fourth-order valence-corrected chi connectivity index (χ4v) is 6.84. The summed E-state index contributed by atoms with van der Waals surface area (Å²) in [5, 5.41) is 0.958. The average Bonchev–Trinajstić information content (AvgIpc) is 3.12. The summed E-state index contributed by atoms with van der Waals surface area (Å²) in [6.07, 6.45) is 0.988. The van der Waals surface area contributed by atoms with Gasteiger partial charge in [-0.2, -0.15) is 0 Å². The van der Waals surface area contributed by atoms with Gasteiger partial charge in [0.15, 0.2) is 9.84 Å². The van der Waals surface area contributed by atoms with E-state index >= 15 is 0 Å². The van der Waals surface area contributed by atoms with Crippen LogP contribution >= 0.6 is 11.3 Å². The Bertz CT molecular complexity index is 876. The fraction of sp³-hybridized carbons (Fsp3) is 0.529. The molecule has 2 fully saturated rings. The number of hydrogen-bond donors (Lipinski definition) is 0. The van der Waals surface area contributed by atoms with Gasteiger partial charge >= 0.3 is 0 Å². The van der Waals surface area contributed by atoms with Crippen molar-refractivity contribution in [3.8, 4) is 0 Å². The summed E-state index contributed by atoms with van der Waals surface area (Å²) in [5.74, 6) is 0.296. The number of likely N-dealkylation sites (N-methyl/N-ethyl adjacent to an activating group) is 1. The number of benzene rings is 1. The van der Waals surface area contributed by atoms with E-state index in [0.29, 0.717) is 19.4 Å². The lowest BCUT2D eigenvalue weighted by atomic mass is 10.0. The molecule has 0 aliphatic carbocycles. The molecule has 25 heavy (non-hydrogen) atoms. The summed E-state index contributed by atoms with van der Waals surface area (Å²) >= 11 is 1.62. The van der Waals surface area contributed by atoms with Gasteiger partial charge in [-0.3, -0.25) is 9.69 Å². The number of amides is 1. The highest BCUT2D eigenvalue weighted by molar-refractivity contribution is 7.91. The number of aromatic nitrogens is 1. The number of thiazole rings is 1. The third kappa shape index (κ3) is 3.30. The van der Waals surface area contributed by atoms with Crippen LogP contribution in [0.4, 0.5) is 0 Å². The van der Waals surface area contributed by atoms with Gasteiger partial charge in [0.1, 0.15) is 0 Å². The van der Waals surface area contributed by atoms with Gasteiger partial charge in [0.05, 0.1) is 32.8 Å². The number of aryl methyl sites for hydroxylation is 1. The van der Waals surface area contributed by atoms with Crippen LogP contribution in [0.1, 0.15) is 11.4 Å². The number of fused-ring (bicyclic) bond motifs is 2. The highest BCUT2D eigenvalue weighted by Crippen LogP contribution is 2.27. The van der Waals surface area contributed by atoms with E-state index in [4.69, 9.17) is 0 Å². The standard InChI is InChI=1S/C17H21N3O3S2/c1-19-8-9-20(14-11-25(22,23)10-13(14)19)17(21)7-6-16-18-12-4-2-3-5-15(12)24-16/h2-5,13-14H,6-11H2,1H3. The van der Waals surface area contributed by atoms with Gasteiger partial charge < -0.3 is 4.90 Å². The lowest BCUT2D eigenvalue weighted by molar-refractivity contribution is -0.136. The Kier molecular flexibility index (Phi) is 4.29. The summed E-state index contributed by atoms with van der Waals surface area (Å²) in [6.45, 7) is 1.33. The van der Waals surface area contributed by atoms with Crippen LogP contribution < -0.4 is 0 Å². The first-order valence-electron chi connectivity index (χ1n) is 8.47. The van der Waals surface area contributed by atoms with Crippen LogP contribution in [-0.2, 0) is 21.1 Å². The first-order valence-corrected chi connectivity index (χ1v) is 11.1. The van der Waals surface area contributed by atoms with Crippen LogP contribution in [0.15, 0.2) is 24.3 Å². The molecule has 0 saturated carbocycles. The molecule has 0 N–H and O–H groups in total. The molecule has 134 valence electrons. The third-order valence-electron chi connectivity index (χ3n) is 5.16. The van der Waals surface area contributed by atoms with E-state index in [1.807, 2.05) is 31.3 Å². The molecule has 1 aromatic carbocycles. The maximum absolute atomic E-state index is 12.7. The summed E-state index contributed by atoms with van der Waals surface area (Å²) < 4.78 is 25.2. The summed E-state index contributed by atoms with van der Waals surface area (Å²) in [5.41, 5.74) is 0.969. The minimum absolute atomic E-state index is 0.0412. The molecule has 2 aliphatic rings. The Morgan fingerprint density at radius 1 is 1.24 bits per heavy atom. The molecule has 0 radical (unpaired) electrons. The molecule has 2 aliphatic heterocycles. The molecule has 4 rings (SSSR count). The van der Waals surface area contributed by atoms with Crippen molar-refractivity contribution in [1.29, 1.82) is 0 Å². The Morgan fingerprint density at radius 3 is 2.80 bits per heavy atom. The number of carbonyl (C=O) groups excluding carboxylic acids is 1. The molecule has 0 spiro atoms. The molecule has 1 aromatic heterocycles. The molecule has 1 amide bonds. The minimum Gasteiger partial charge on any atom is -0.336 e. The van der Waals surface area contributed by atoms with Crippen molar-refractivity contribution < 1.29 is 13.2 Å². The zero-order chi connectivity index (χ0) is 17.6. The number of rotatable bonds is 3. The first kappa shape index (κ1) is 16.9. The van der Waals surface area contributed by atoms with Gasteiger partial charge in [-0.05, 0) is 19.2 Å². The molecule has 2 aromatic rings. The van der Waals surface area contributed by atoms with E-state index in [0.717, 1.165) is 21.8 Å². The van der Waals surface area contributed by atoms with Gasteiger partial charge in [-0.25, -0.2) is 13.4 Å². The van der Waals surface area contributed by atoms with Crippen LogP contribution in [-0.4, -0.2) is 72.8 Å². The van der Waals surface area contributed by atoms with Gasteiger partial charge in [0.2, 0.25) is 5.91 Å². The van der Waals surface area contributed by atoms with E-state index in [1.54, 1.807) is 16.2 Å². The SMILES string of the molecule is CN1CCN(C(=O)CCc2nc3ccccc3s2)C2CS(=O)(=O)CC21. The molecule has 6 nitrogen and oxygen atoms in total. The normalized spacial score (nSPS) is 26.0. The van der Waals surface area contributed by atoms with Crippen molar-refractivity contribution in [3.63, 3.8) is 0 Å². The first-order chi connectivity index (χ1) is 11.9. The van der Waals surface area contributed by atoms with Crippen molar-refractivity contribution >= 4 is 37.3 Å². The molecule has 3 heterocycles. The van der Waals surface area contributed by atoms with E-state index in [1.165, 1.54) is 0 Å². The summed E-state index contributed by atoms with van der Waals surface area (Å²) in [4.78, 5) is 21.2. The molecule has 2 unspecified atom stereocenters. The number of para-hydroxylation sites is 1. The Morgan fingerprint density at radius 2 is 2.00 bits per heavy atom. The van der Waals surface area contributed by atoms with Gasteiger partial charge in [0.25, 0.3) is 0 Å². The van der Waals surface area contributed by atoms with Crippen molar-refractivity contribution in [2.45, 2.75) is 24.9 Å². The second kappa shape index (κ2) is 6.34. The highest BCUT2D eigenvalue weighted by atomic mass is 32.2. The smallest absolute Gasteiger partial charge is 0.223 e. The van der Waals surface area contributed by atoms with Gasteiger partial charge in [0, 0.05) is 32.0 Å². The Hall–Kier alpha value is -1.51. The van der Waals surface area contributed by atoms with Crippen molar-refractivity contribution in [2.75, 3.05) is 31.6 Å². The van der Waals surface area contributed by atoms with E-state index in [9.17, 15) is 13.2 Å². The predicted molar refractivity (Wildman–Crippen MR) is 98.5 cm³/mol. The van der Waals surface area contributed by atoms with Crippen molar-refractivity contribution in [2.24, 2.45) is 0 Å². The molecule has 8 heteroatoms. The Labute approximate surface area is 151 Å². The van der Waals surface area contributed by atoms with Gasteiger partial charge in [-0.1, -0.05) is 12.1 Å². The largest absolute Gasteiger partial charge is 0.336 e. The number of sulfone groups is 1. The highest BCUT2D eigenvalue weighted by Gasteiger charge is 2.46. The minimum atomic E-state index is -3.06. The lowest BCUT2D eigenvalue weighted by Gasteiger charge is -2.42. The average molecular weight is 380 g/mol. The molecular formula is C17H21N3O3S2. The second-order valence-electron chi connectivity index (χ2n) is 6.85.